The van der Waals surface area contributed by atoms with Crippen molar-refractivity contribution < 1.29 is 5.11 Å². The maximum Gasteiger partial charge on any atom is 0.0932 e. The van der Waals surface area contributed by atoms with E-state index in [4.69, 9.17) is 11.6 Å². The lowest BCUT2D eigenvalue weighted by Crippen LogP contribution is -1.93. The van der Waals surface area contributed by atoms with Gasteiger partial charge in [-0.3, -0.25) is 0 Å². The zero-order chi connectivity index (χ0) is 9.68. The van der Waals surface area contributed by atoms with Crippen LogP contribution in [0.5, 0.6) is 0 Å². The fourth-order valence-electron chi connectivity index (χ4n) is 1.11. The van der Waals surface area contributed by atoms with Crippen LogP contribution in [0.3, 0.4) is 0 Å². The maximum atomic E-state index is 9.68. The van der Waals surface area contributed by atoms with Crippen molar-refractivity contribution in [1.82, 2.24) is 0 Å². The summed E-state index contributed by atoms with van der Waals surface area (Å²) >= 11 is 7.20. The summed E-state index contributed by atoms with van der Waals surface area (Å²) in [4.78, 5) is 0.953. The first kappa shape index (κ1) is 10.8. The van der Waals surface area contributed by atoms with Crippen LogP contribution >= 0.6 is 22.9 Å². The maximum absolute atomic E-state index is 9.68. The largest absolute Gasteiger partial charge is 0.388 e. The first-order valence-corrected chi connectivity index (χ1v) is 5.47. The topological polar surface area (TPSA) is 20.2 Å². The third-order valence-electron chi connectivity index (χ3n) is 1.81. The highest BCUT2D eigenvalue weighted by atomic mass is 35.5. The molecule has 72 valence electrons. The van der Waals surface area contributed by atoms with Crippen LogP contribution in [0.1, 0.15) is 30.2 Å². The van der Waals surface area contributed by atoms with Gasteiger partial charge < -0.3 is 5.11 Å². The summed E-state index contributed by atoms with van der Waals surface area (Å²) in [5.74, 6) is 0. The van der Waals surface area contributed by atoms with Gasteiger partial charge in [-0.2, -0.15) is 0 Å². The van der Waals surface area contributed by atoms with Gasteiger partial charge in [-0.15, -0.1) is 17.9 Å². The summed E-state index contributed by atoms with van der Waals surface area (Å²) in [7, 11) is 0. The molecule has 1 nitrogen and oxygen atoms in total. The molecule has 1 aromatic heterocycles. The van der Waals surface area contributed by atoms with E-state index in [-0.39, 0.29) is 6.10 Å². The Labute approximate surface area is 87.7 Å². The fourth-order valence-corrected chi connectivity index (χ4v) is 2.19. The van der Waals surface area contributed by atoms with Crippen molar-refractivity contribution in [2.45, 2.75) is 25.4 Å². The van der Waals surface area contributed by atoms with Crippen LogP contribution in [0.25, 0.3) is 0 Å². The van der Waals surface area contributed by atoms with Crippen LogP contribution in [0.4, 0.5) is 0 Å². The second-order valence-electron chi connectivity index (χ2n) is 2.88. The van der Waals surface area contributed by atoms with Crippen molar-refractivity contribution in [1.29, 1.82) is 0 Å². The third kappa shape index (κ3) is 3.51. The summed E-state index contributed by atoms with van der Waals surface area (Å²) in [6, 6.07) is 3.70. The first-order chi connectivity index (χ1) is 6.24. The Balaban J connectivity index is 2.39. The van der Waals surface area contributed by atoms with Crippen molar-refractivity contribution in [3.63, 3.8) is 0 Å². The highest BCUT2D eigenvalue weighted by Crippen LogP contribution is 2.29. The Kier molecular flexibility index (Phi) is 4.50. The van der Waals surface area contributed by atoms with Gasteiger partial charge in [-0.25, -0.2) is 0 Å². The third-order valence-corrected chi connectivity index (χ3v) is 3.14. The zero-order valence-corrected chi connectivity index (χ0v) is 8.94. The minimum absolute atomic E-state index is 0.363. The van der Waals surface area contributed by atoms with E-state index in [1.807, 2.05) is 18.2 Å². The molecule has 0 bridgehead atoms. The first-order valence-electron chi connectivity index (χ1n) is 4.28. The van der Waals surface area contributed by atoms with Gasteiger partial charge in [0.05, 0.1) is 10.4 Å². The average Bonchev–Trinajstić information content (AvgIpc) is 2.52. The number of hydrogen-bond donors (Lipinski definition) is 1. The number of hydrogen-bond acceptors (Lipinski definition) is 2. The Bertz CT molecular complexity index is 270. The molecule has 1 N–H and O–H groups in total. The summed E-state index contributed by atoms with van der Waals surface area (Å²) in [6.07, 6.45) is 4.21. The summed E-state index contributed by atoms with van der Waals surface area (Å²) in [5.41, 5.74) is 0. The molecule has 1 heterocycles. The predicted molar refractivity (Wildman–Crippen MR) is 58.3 cm³/mol. The number of aliphatic hydroxyl groups excluding tert-OH is 1. The minimum atomic E-state index is -0.363. The smallest absolute Gasteiger partial charge is 0.0932 e. The normalized spacial score (nSPS) is 12.8. The average molecular weight is 217 g/mol. The molecule has 1 rings (SSSR count). The second-order valence-corrected chi connectivity index (χ2v) is 4.62. The van der Waals surface area contributed by atoms with Crippen molar-refractivity contribution in [3.05, 3.63) is 34.0 Å². The minimum Gasteiger partial charge on any atom is -0.388 e. The SMILES string of the molecule is C=CCCCC(O)c1ccc(Cl)s1. The standard InChI is InChI=1S/C10H13ClOS/c1-2-3-4-5-8(12)9-6-7-10(11)13-9/h2,6-8,12H,1,3-5H2. The van der Waals surface area contributed by atoms with Crippen LogP contribution in [0, 0.1) is 0 Å². The Morgan fingerprint density at radius 2 is 2.38 bits per heavy atom. The highest BCUT2D eigenvalue weighted by molar-refractivity contribution is 7.16. The van der Waals surface area contributed by atoms with E-state index in [0.29, 0.717) is 0 Å². The van der Waals surface area contributed by atoms with Gasteiger partial charge in [0.25, 0.3) is 0 Å². The Morgan fingerprint density at radius 1 is 1.62 bits per heavy atom. The van der Waals surface area contributed by atoms with E-state index < -0.39 is 0 Å². The van der Waals surface area contributed by atoms with Gasteiger partial charge in [-0.1, -0.05) is 17.7 Å². The molecule has 0 aliphatic rings. The van der Waals surface area contributed by atoms with E-state index in [1.165, 1.54) is 11.3 Å². The molecular weight excluding hydrogens is 204 g/mol. The number of thiophene rings is 1. The van der Waals surface area contributed by atoms with Gasteiger partial charge in [0.15, 0.2) is 0 Å². The van der Waals surface area contributed by atoms with E-state index in [0.717, 1.165) is 28.5 Å². The van der Waals surface area contributed by atoms with Crippen LogP contribution < -0.4 is 0 Å². The van der Waals surface area contributed by atoms with Crippen molar-refractivity contribution in [2.75, 3.05) is 0 Å². The molecule has 0 spiro atoms. The molecule has 0 radical (unpaired) electrons. The lowest BCUT2D eigenvalue weighted by molar-refractivity contribution is 0.168. The molecule has 0 aromatic carbocycles. The molecule has 0 aliphatic heterocycles. The monoisotopic (exact) mass is 216 g/mol. The van der Waals surface area contributed by atoms with Crippen LogP contribution in [-0.4, -0.2) is 5.11 Å². The number of halogens is 1. The van der Waals surface area contributed by atoms with Crippen LogP contribution in [0.15, 0.2) is 24.8 Å². The number of rotatable bonds is 5. The molecule has 0 amide bonds. The van der Waals surface area contributed by atoms with Gasteiger partial charge in [-0.05, 0) is 31.4 Å². The van der Waals surface area contributed by atoms with Gasteiger partial charge in [0, 0.05) is 4.88 Å². The van der Waals surface area contributed by atoms with Gasteiger partial charge >= 0.3 is 0 Å². The van der Waals surface area contributed by atoms with E-state index >= 15 is 0 Å². The van der Waals surface area contributed by atoms with E-state index in [2.05, 4.69) is 6.58 Å². The lowest BCUT2D eigenvalue weighted by atomic mass is 10.1. The summed E-state index contributed by atoms with van der Waals surface area (Å²) in [5, 5.41) is 9.68. The molecule has 13 heavy (non-hydrogen) atoms. The summed E-state index contributed by atoms with van der Waals surface area (Å²) < 4.78 is 0.734. The molecule has 1 atom stereocenters. The molecule has 3 heteroatoms. The molecule has 0 fully saturated rings. The van der Waals surface area contributed by atoms with Crippen molar-refractivity contribution in [3.8, 4) is 0 Å². The quantitative estimate of drug-likeness (QED) is 0.587. The Morgan fingerprint density at radius 3 is 2.92 bits per heavy atom. The molecule has 1 unspecified atom stereocenters. The van der Waals surface area contributed by atoms with Crippen LogP contribution in [0.2, 0.25) is 4.34 Å². The second kappa shape index (κ2) is 5.43. The molecule has 1 aromatic rings. The molecular formula is C10H13ClOS. The number of unbranched alkanes of at least 4 members (excludes halogenated alkanes) is 1. The molecule has 0 saturated heterocycles. The van der Waals surface area contributed by atoms with E-state index in [1.54, 1.807) is 0 Å². The van der Waals surface area contributed by atoms with Crippen LogP contribution in [-0.2, 0) is 0 Å². The fraction of sp³-hybridized carbons (Fsp3) is 0.400. The Hall–Kier alpha value is -0.310. The predicted octanol–water partition coefficient (Wildman–Crippen LogP) is 3.79. The van der Waals surface area contributed by atoms with Gasteiger partial charge in [0.1, 0.15) is 0 Å². The molecule has 0 aliphatic carbocycles. The number of aliphatic hydroxyl groups is 1. The summed E-state index contributed by atoms with van der Waals surface area (Å²) in [6.45, 7) is 3.63. The zero-order valence-electron chi connectivity index (χ0n) is 7.37. The van der Waals surface area contributed by atoms with Crippen molar-refractivity contribution in [2.24, 2.45) is 0 Å². The number of allylic oxidation sites excluding steroid dienone is 1. The highest BCUT2D eigenvalue weighted by Gasteiger charge is 2.08. The van der Waals surface area contributed by atoms with Gasteiger partial charge in [0.2, 0.25) is 0 Å². The van der Waals surface area contributed by atoms with E-state index in [9.17, 15) is 5.11 Å². The van der Waals surface area contributed by atoms with Crippen molar-refractivity contribution >= 4 is 22.9 Å². The lowest BCUT2D eigenvalue weighted by Gasteiger charge is -2.06. The molecule has 0 saturated carbocycles.